The summed E-state index contributed by atoms with van der Waals surface area (Å²) in [6.45, 7) is 6.96. The summed E-state index contributed by atoms with van der Waals surface area (Å²) in [7, 11) is 0. The quantitative estimate of drug-likeness (QED) is 0.916. The predicted octanol–water partition coefficient (Wildman–Crippen LogP) is 2.27. The minimum Gasteiger partial charge on any atom is -0.442 e. The highest BCUT2D eigenvalue weighted by Gasteiger charge is 2.47. The maximum atomic E-state index is 12.3. The lowest BCUT2D eigenvalue weighted by atomic mass is 10.1. The smallest absolute Gasteiger partial charge is 0.442 e. The van der Waals surface area contributed by atoms with E-state index in [-0.39, 0.29) is 0 Å². The summed E-state index contributed by atoms with van der Waals surface area (Å²) in [5.41, 5.74) is -0.288. The number of nitrogens with one attached hydrogen (secondary N) is 1. The summed E-state index contributed by atoms with van der Waals surface area (Å²) >= 11 is 0. The summed E-state index contributed by atoms with van der Waals surface area (Å²) < 4.78 is 5.24. The first-order chi connectivity index (χ1) is 11.2. The van der Waals surface area contributed by atoms with Gasteiger partial charge >= 0.3 is 12.1 Å². The Morgan fingerprint density at radius 3 is 2.42 bits per heavy atom. The maximum absolute atomic E-state index is 12.3. The van der Waals surface area contributed by atoms with Crippen LogP contribution in [0.25, 0.3) is 0 Å². The lowest BCUT2D eigenvalue weighted by Gasteiger charge is -2.26. The molecule has 1 aliphatic rings. The molecule has 2 atom stereocenters. The standard InChI is InChI=1S/C17H22N2O5/c1-5-12-13(18-14(20)11-9-7-6-8-10-11)15(21)24-19(12)16(22)23-17(2,3)4/h6-10,12-13H,5H2,1-4H3,(H,18,20)/t12-,13+/m1/s1. The molecule has 1 N–H and O–H groups in total. The molecule has 1 saturated heterocycles. The largest absolute Gasteiger partial charge is 0.444 e. The molecule has 0 bridgehead atoms. The van der Waals surface area contributed by atoms with Gasteiger partial charge in [-0.1, -0.05) is 25.1 Å². The number of carbonyl (C=O) groups is 3. The second-order valence-electron chi connectivity index (χ2n) is 6.51. The van der Waals surface area contributed by atoms with Crippen LogP contribution in [0.5, 0.6) is 0 Å². The lowest BCUT2D eigenvalue weighted by Crippen LogP contribution is -2.48. The molecule has 24 heavy (non-hydrogen) atoms. The Labute approximate surface area is 140 Å². The average molecular weight is 334 g/mol. The molecule has 0 saturated carbocycles. The summed E-state index contributed by atoms with van der Waals surface area (Å²) in [4.78, 5) is 41.6. The first-order valence-electron chi connectivity index (χ1n) is 7.83. The van der Waals surface area contributed by atoms with Crippen molar-refractivity contribution in [3.8, 4) is 0 Å². The summed E-state index contributed by atoms with van der Waals surface area (Å²) in [6.07, 6.45) is -0.329. The third kappa shape index (κ3) is 4.04. The fraction of sp³-hybridized carbons (Fsp3) is 0.471. The predicted molar refractivity (Wildman–Crippen MR) is 85.9 cm³/mol. The molecule has 0 aromatic heterocycles. The number of hydroxylamine groups is 2. The number of rotatable bonds is 3. The van der Waals surface area contributed by atoms with Gasteiger partial charge in [0.05, 0.1) is 0 Å². The van der Waals surface area contributed by atoms with E-state index in [4.69, 9.17) is 9.57 Å². The molecule has 0 radical (unpaired) electrons. The Balaban J connectivity index is 2.12. The van der Waals surface area contributed by atoms with Crippen LogP contribution in [-0.2, 0) is 14.4 Å². The average Bonchev–Trinajstić information content (AvgIpc) is 2.83. The molecule has 1 fully saturated rings. The van der Waals surface area contributed by atoms with Gasteiger partial charge in [0.2, 0.25) is 0 Å². The van der Waals surface area contributed by atoms with Crippen LogP contribution in [0.1, 0.15) is 44.5 Å². The van der Waals surface area contributed by atoms with Gasteiger partial charge in [-0.25, -0.2) is 9.59 Å². The van der Waals surface area contributed by atoms with Gasteiger partial charge in [0, 0.05) is 5.56 Å². The molecular weight excluding hydrogens is 312 g/mol. The van der Waals surface area contributed by atoms with Crippen molar-refractivity contribution in [3.05, 3.63) is 35.9 Å². The monoisotopic (exact) mass is 334 g/mol. The van der Waals surface area contributed by atoms with Crippen LogP contribution in [0.2, 0.25) is 0 Å². The molecule has 0 unspecified atom stereocenters. The highest BCUT2D eigenvalue weighted by molar-refractivity contribution is 5.97. The van der Waals surface area contributed by atoms with E-state index in [0.29, 0.717) is 12.0 Å². The second kappa shape index (κ2) is 6.90. The highest BCUT2D eigenvalue weighted by Crippen LogP contribution is 2.23. The molecule has 1 heterocycles. The summed E-state index contributed by atoms with van der Waals surface area (Å²) in [5, 5.41) is 3.54. The number of carbonyl (C=O) groups excluding carboxylic acids is 3. The fourth-order valence-corrected chi connectivity index (χ4v) is 2.36. The number of hydrogen-bond acceptors (Lipinski definition) is 5. The normalized spacial score (nSPS) is 20.5. The molecule has 2 rings (SSSR count). The number of nitrogens with zero attached hydrogens (tertiary/aromatic N) is 1. The minimum absolute atomic E-state index is 0.401. The molecule has 1 aromatic rings. The molecular formula is C17H22N2O5. The zero-order valence-electron chi connectivity index (χ0n) is 14.2. The van der Waals surface area contributed by atoms with Crippen LogP contribution in [0, 0.1) is 0 Å². The van der Waals surface area contributed by atoms with E-state index >= 15 is 0 Å². The Hall–Kier alpha value is -2.57. The highest BCUT2D eigenvalue weighted by atomic mass is 16.8. The SMILES string of the molecule is CC[C@@H]1[C@H](NC(=O)c2ccccc2)C(=O)ON1C(=O)OC(C)(C)C. The topological polar surface area (TPSA) is 84.9 Å². The first-order valence-corrected chi connectivity index (χ1v) is 7.83. The van der Waals surface area contributed by atoms with Gasteiger partial charge in [-0.2, -0.15) is 0 Å². The third-order valence-corrected chi connectivity index (χ3v) is 3.44. The van der Waals surface area contributed by atoms with Crippen LogP contribution in [0.3, 0.4) is 0 Å². The van der Waals surface area contributed by atoms with E-state index in [2.05, 4.69) is 5.32 Å². The molecule has 7 nitrogen and oxygen atoms in total. The van der Waals surface area contributed by atoms with Crippen LogP contribution in [0.4, 0.5) is 4.79 Å². The van der Waals surface area contributed by atoms with E-state index in [1.54, 1.807) is 58.0 Å². The Morgan fingerprint density at radius 1 is 1.25 bits per heavy atom. The maximum Gasteiger partial charge on any atom is 0.444 e. The molecule has 0 spiro atoms. The van der Waals surface area contributed by atoms with E-state index in [1.807, 2.05) is 0 Å². The van der Waals surface area contributed by atoms with Crippen LogP contribution in [0.15, 0.2) is 30.3 Å². The van der Waals surface area contributed by atoms with Crippen molar-refractivity contribution in [1.29, 1.82) is 0 Å². The van der Waals surface area contributed by atoms with Gasteiger partial charge in [-0.3, -0.25) is 4.79 Å². The van der Waals surface area contributed by atoms with Crippen molar-refractivity contribution in [2.45, 2.75) is 51.8 Å². The van der Waals surface area contributed by atoms with Gasteiger partial charge in [-0.15, -0.1) is 5.06 Å². The molecule has 2 amide bonds. The molecule has 1 aromatic carbocycles. The van der Waals surface area contributed by atoms with Crippen molar-refractivity contribution in [1.82, 2.24) is 10.4 Å². The Kier molecular flexibility index (Phi) is 5.11. The Bertz CT molecular complexity index is 624. The molecule has 1 aliphatic heterocycles. The second-order valence-corrected chi connectivity index (χ2v) is 6.51. The number of benzene rings is 1. The van der Waals surface area contributed by atoms with Gasteiger partial charge in [-0.05, 0) is 39.3 Å². The van der Waals surface area contributed by atoms with E-state index in [1.165, 1.54) is 0 Å². The number of amides is 2. The van der Waals surface area contributed by atoms with Gasteiger partial charge in [0.1, 0.15) is 11.6 Å². The van der Waals surface area contributed by atoms with E-state index in [0.717, 1.165) is 5.06 Å². The van der Waals surface area contributed by atoms with Crippen molar-refractivity contribution < 1.29 is 24.0 Å². The van der Waals surface area contributed by atoms with Crippen LogP contribution in [-0.4, -0.2) is 40.7 Å². The minimum atomic E-state index is -0.935. The first kappa shape index (κ1) is 17.8. The zero-order chi connectivity index (χ0) is 17.9. The summed E-state index contributed by atoms with van der Waals surface area (Å²) in [5.74, 6) is -1.08. The zero-order valence-corrected chi connectivity index (χ0v) is 14.2. The number of hydrogen-bond donors (Lipinski definition) is 1. The fourth-order valence-electron chi connectivity index (χ4n) is 2.36. The van der Waals surface area contributed by atoms with E-state index in [9.17, 15) is 14.4 Å². The third-order valence-electron chi connectivity index (χ3n) is 3.44. The molecule has 7 heteroatoms. The van der Waals surface area contributed by atoms with Crippen LogP contribution >= 0.6 is 0 Å². The van der Waals surface area contributed by atoms with Gasteiger partial charge in [0.25, 0.3) is 5.91 Å². The summed E-state index contributed by atoms with van der Waals surface area (Å²) in [6, 6.07) is 6.97. The van der Waals surface area contributed by atoms with Crippen molar-refractivity contribution in [2.75, 3.05) is 0 Å². The van der Waals surface area contributed by atoms with Gasteiger partial charge in [0.15, 0.2) is 6.04 Å². The number of ether oxygens (including phenoxy) is 1. The molecule has 130 valence electrons. The van der Waals surface area contributed by atoms with Crippen LogP contribution < -0.4 is 5.32 Å². The van der Waals surface area contributed by atoms with E-state index < -0.39 is 35.7 Å². The van der Waals surface area contributed by atoms with Crippen molar-refractivity contribution in [2.24, 2.45) is 0 Å². The lowest BCUT2D eigenvalue weighted by molar-refractivity contribution is -0.170. The van der Waals surface area contributed by atoms with Crippen molar-refractivity contribution >= 4 is 18.0 Å². The Morgan fingerprint density at radius 2 is 1.88 bits per heavy atom. The van der Waals surface area contributed by atoms with Crippen molar-refractivity contribution in [3.63, 3.8) is 0 Å². The molecule has 0 aliphatic carbocycles. The van der Waals surface area contributed by atoms with Gasteiger partial charge < -0.3 is 14.9 Å².